The Morgan fingerprint density at radius 3 is 2.33 bits per heavy atom. The predicted octanol–water partition coefficient (Wildman–Crippen LogP) is 3.06. The number of hydrogen-bond acceptors (Lipinski definition) is 5. The van der Waals surface area contributed by atoms with Crippen LogP contribution in [0.5, 0.6) is 0 Å². The average Bonchev–Trinajstić information content (AvgIpc) is 2.96. The molecule has 3 amide bonds. The summed E-state index contributed by atoms with van der Waals surface area (Å²) in [6.45, 7) is 1.72. The minimum atomic E-state index is -0.789. The van der Waals surface area contributed by atoms with E-state index in [0.717, 1.165) is 22.4 Å². The van der Waals surface area contributed by atoms with Crippen molar-refractivity contribution in [2.75, 3.05) is 25.0 Å². The van der Waals surface area contributed by atoms with Crippen molar-refractivity contribution in [2.45, 2.75) is 24.9 Å². The number of para-hydroxylation sites is 2. The summed E-state index contributed by atoms with van der Waals surface area (Å²) in [7, 11) is 1.58. The summed E-state index contributed by atoms with van der Waals surface area (Å²) in [5.41, 5.74) is 1.95. The van der Waals surface area contributed by atoms with Crippen LogP contribution >= 0.6 is 0 Å². The standard InChI is InChI=1S/C23H23N5O2/c1-26-21(29)23(28(22(26)30)16-17-7-3-2-4-8-17)11-13-27(14-12-23)20-15-24-18-9-5-6-10-19(18)25-20/h2-10,15H,11-14,16H2,1H3. The van der Waals surface area contributed by atoms with E-state index in [1.165, 1.54) is 4.90 Å². The molecule has 0 atom stereocenters. The molecule has 2 aliphatic heterocycles. The molecule has 30 heavy (non-hydrogen) atoms. The van der Waals surface area contributed by atoms with Crippen LogP contribution in [0.1, 0.15) is 18.4 Å². The topological polar surface area (TPSA) is 69.6 Å². The number of imide groups is 1. The van der Waals surface area contributed by atoms with E-state index >= 15 is 0 Å². The Balaban J connectivity index is 1.40. The van der Waals surface area contributed by atoms with Gasteiger partial charge in [-0.2, -0.15) is 0 Å². The second-order valence-electron chi connectivity index (χ2n) is 7.95. The molecule has 0 unspecified atom stereocenters. The number of carbonyl (C=O) groups excluding carboxylic acids is 2. The SMILES string of the molecule is CN1C(=O)N(Cc2ccccc2)C2(CCN(c3cnc4ccccc4n3)CC2)C1=O. The van der Waals surface area contributed by atoms with Gasteiger partial charge in [0.15, 0.2) is 0 Å². The van der Waals surface area contributed by atoms with E-state index in [9.17, 15) is 9.59 Å². The second-order valence-corrected chi connectivity index (χ2v) is 7.95. The molecule has 2 fully saturated rings. The first-order valence-corrected chi connectivity index (χ1v) is 10.2. The molecule has 152 valence electrons. The summed E-state index contributed by atoms with van der Waals surface area (Å²) >= 11 is 0. The molecular formula is C23H23N5O2. The van der Waals surface area contributed by atoms with Gasteiger partial charge in [-0.3, -0.25) is 14.7 Å². The Labute approximate surface area is 174 Å². The van der Waals surface area contributed by atoms with Crippen LogP contribution in [0.2, 0.25) is 0 Å². The minimum absolute atomic E-state index is 0.104. The average molecular weight is 401 g/mol. The van der Waals surface area contributed by atoms with Crippen LogP contribution in [0.25, 0.3) is 11.0 Å². The van der Waals surface area contributed by atoms with Crippen LogP contribution in [0.3, 0.4) is 0 Å². The predicted molar refractivity (Wildman–Crippen MR) is 114 cm³/mol. The summed E-state index contributed by atoms with van der Waals surface area (Å²) in [6.07, 6.45) is 2.93. The van der Waals surface area contributed by atoms with Crippen LogP contribution in [-0.4, -0.2) is 57.4 Å². The molecule has 3 heterocycles. The smallest absolute Gasteiger partial charge is 0.327 e. The van der Waals surface area contributed by atoms with Gasteiger partial charge in [0.05, 0.1) is 17.2 Å². The van der Waals surface area contributed by atoms with E-state index in [0.29, 0.717) is 32.5 Å². The largest absolute Gasteiger partial charge is 0.355 e. The van der Waals surface area contributed by atoms with E-state index in [2.05, 4.69) is 9.88 Å². The first-order valence-electron chi connectivity index (χ1n) is 10.2. The van der Waals surface area contributed by atoms with Crippen molar-refractivity contribution in [2.24, 2.45) is 0 Å². The maximum atomic E-state index is 13.1. The monoisotopic (exact) mass is 401 g/mol. The van der Waals surface area contributed by atoms with Crippen molar-refractivity contribution in [1.82, 2.24) is 19.8 Å². The number of anilines is 1. The molecule has 2 aliphatic rings. The highest BCUT2D eigenvalue weighted by atomic mass is 16.2. The van der Waals surface area contributed by atoms with Gasteiger partial charge in [-0.15, -0.1) is 0 Å². The summed E-state index contributed by atoms with van der Waals surface area (Å²) in [5, 5.41) is 0. The van der Waals surface area contributed by atoms with Gasteiger partial charge in [0.1, 0.15) is 11.4 Å². The zero-order valence-electron chi connectivity index (χ0n) is 16.9. The number of hydrogen-bond donors (Lipinski definition) is 0. The summed E-state index contributed by atoms with van der Waals surface area (Å²) in [4.78, 5) is 40.4. The molecule has 7 heteroatoms. The van der Waals surface area contributed by atoms with E-state index < -0.39 is 5.54 Å². The van der Waals surface area contributed by atoms with Gasteiger partial charge in [0, 0.05) is 26.7 Å². The van der Waals surface area contributed by atoms with Crippen molar-refractivity contribution >= 4 is 28.8 Å². The quantitative estimate of drug-likeness (QED) is 0.631. The number of piperidine rings is 1. The zero-order chi connectivity index (χ0) is 20.7. The molecule has 0 radical (unpaired) electrons. The van der Waals surface area contributed by atoms with Gasteiger partial charge in [-0.25, -0.2) is 9.78 Å². The third-order valence-electron chi connectivity index (χ3n) is 6.27. The number of carbonyl (C=O) groups is 2. The fraction of sp³-hybridized carbons (Fsp3) is 0.304. The molecule has 0 N–H and O–H groups in total. The van der Waals surface area contributed by atoms with E-state index in [1.54, 1.807) is 18.1 Å². The molecule has 0 aliphatic carbocycles. The van der Waals surface area contributed by atoms with E-state index in [4.69, 9.17) is 4.98 Å². The highest BCUT2D eigenvalue weighted by molar-refractivity contribution is 6.06. The molecule has 5 rings (SSSR count). The van der Waals surface area contributed by atoms with E-state index in [-0.39, 0.29) is 11.9 Å². The van der Waals surface area contributed by atoms with Crippen molar-refractivity contribution in [3.05, 3.63) is 66.4 Å². The van der Waals surface area contributed by atoms with Crippen LogP contribution in [0.15, 0.2) is 60.8 Å². The molecule has 7 nitrogen and oxygen atoms in total. The molecule has 1 aromatic heterocycles. The fourth-order valence-corrected chi connectivity index (χ4v) is 4.55. The first kappa shape index (κ1) is 18.5. The number of urea groups is 1. The molecule has 0 saturated carbocycles. The Hall–Kier alpha value is -3.48. The van der Waals surface area contributed by atoms with Gasteiger partial charge in [-0.1, -0.05) is 42.5 Å². The van der Waals surface area contributed by atoms with Crippen molar-refractivity contribution in [3.8, 4) is 0 Å². The van der Waals surface area contributed by atoms with E-state index in [1.807, 2.05) is 54.6 Å². The summed E-state index contributed by atoms with van der Waals surface area (Å²) in [6, 6.07) is 17.4. The number of fused-ring (bicyclic) bond motifs is 1. The van der Waals surface area contributed by atoms with Crippen molar-refractivity contribution in [1.29, 1.82) is 0 Å². The second kappa shape index (κ2) is 7.09. The van der Waals surface area contributed by atoms with Crippen LogP contribution < -0.4 is 4.90 Å². The van der Waals surface area contributed by atoms with Crippen molar-refractivity contribution in [3.63, 3.8) is 0 Å². The Morgan fingerprint density at radius 2 is 1.60 bits per heavy atom. The third kappa shape index (κ3) is 2.89. The first-order chi connectivity index (χ1) is 14.6. The van der Waals surface area contributed by atoms with Crippen molar-refractivity contribution < 1.29 is 9.59 Å². The van der Waals surface area contributed by atoms with Gasteiger partial charge in [0.25, 0.3) is 5.91 Å². The highest BCUT2D eigenvalue weighted by Gasteiger charge is 2.56. The lowest BCUT2D eigenvalue weighted by Gasteiger charge is -2.42. The van der Waals surface area contributed by atoms with Gasteiger partial charge >= 0.3 is 6.03 Å². The Kier molecular flexibility index (Phi) is 4.38. The lowest BCUT2D eigenvalue weighted by Crippen LogP contribution is -2.56. The maximum absolute atomic E-state index is 13.1. The molecule has 0 bridgehead atoms. The van der Waals surface area contributed by atoms with Crippen LogP contribution in [0, 0.1) is 0 Å². The minimum Gasteiger partial charge on any atom is -0.355 e. The molecule has 1 spiro atoms. The summed E-state index contributed by atoms with van der Waals surface area (Å²) < 4.78 is 0. The zero-order valence-corrected chi connectivity index (χ0v) is 16.9. The number of amides is 3. The highest BCUT2D eigenvalue weighted by Crippen LogP contribution is 2.38. The number of rotatable bonds is 3. The lowest BCUT2D eigenvalue weighted by atomic mass is 9.85. The molecule has 3 aromatic rings. The fourth-order valence-electron chi connectivity index (χ4n) is 4.55. The molecule has 2 aromatic carbocycles. The Bertz CT molecular complexity index is 1110. The summed E-state index contributed by atoms with van der Waals surface area (Å²) in [5.74, 6) is 0.705. The molecular weight excluding hydrogens is 378 g/mol. The lowest BCUT2D eigenvalue weighted by molar-refractivity contribution is -0.133. The normalized spacial score (nSPS) is 18.6. The Morgan fingerprint density at radius 1 is 0.933 bits per heavy atom. The van der Waals surface area contributed by atoms with Gasteiger partial charge in [0.2, 0.25) is 0 Å². The maximum Gasteiger partial charge on any atom is 0.327 e. The molecule has 2 saturated heterocycles. The van der Waals surface area contributed by atoms with Gasteiger partial charge in [-0.05, 0) is 30.5 Å². The number of benzene rings is 2. The van der Waals surface area contributed by atoms with Crippen LogP contribution in [0.4, 0.5) is 10.6 Å². The third-order valence-corrected chi connectivity index (χ3v) is 6.27. The number of aromatic nitrogens is 2. The van der Waals surface area contributed by atoms with Gasteiger partial charge < -0.3 is 9.80 Å². The van der Waals surface area contributed by atoms with Crippen LogP contribution in [-0.2, 0) is 11.3 Å². The number of nitrogens with zero attached hydrogens (tertiary/aromatic N) is 5. The number of likely N-dealkylation sites (N-methyl/N-ethyl adjacent to an activating group) is 1.